The number of carbonyl (C=O) groups excluding carboxylic acids is 2. The van der Waals surface area contributed by atoms with Crippen LogP contribution in [-0.2, 0) is 14.8 Å². The first-order chi connectivity index (χ1) is 14.0. The molecular formula is C16H20N4O9S. The van der Waals surface area contributed by atoms with Gasteiger partial charge in [-0.3, -0.25) is 10.1 Å². The molecule has 0 aliphatic carbocycles. The lowest BCUT2D eigenvalue weighted by Crippen LogP contribution is -2.46. The summed E-state index contributed by atoms with van der Waals surface area (Å²) in [6.45, 7) is -0.863. The highest BCUT2D eigenvalue weighted by Gasteiger charge is 2.29. The minimum Gasteiger partial charge on any atom is -0.394 e. The van der Waals surface area contributed by atoms with Crippen LogP contribution < -0.4 is 15.5 Å². The van der Waals surface area contributed by atoms with Crippen molar-refractivity contribution in [3.63, 3.8) is 0 Å². The Bertz CT molecular complexity index is 946. The molecule has 3 amide bonds. The fraction of sp³-hybridized carbons (Fsp3) is 0.312. The van der Waals surface area contributed by atoms with Gasteiger partial charge in [0.2, 0.25) is 0 Å². The maximum Gasteiger partial charge on any atom is 0.326 e. The Morgan fingerprint density at radius 1 is 1.03 bits per heavy atom. The number of carbonyl (C=O) groups is 2. The van der Waals surface area contributed by atoms with Gasteiger partial charge in [-0.2, -0.15) is 13.5 Å². The Morgan fingerprint density at radius 3 is 2.20 bits per heavy atom. The number of hydrogen-bond acceptors (Lipinski definition) is 10. The highest BCUT2D eigenvalue weighted by molar-refractivity contribution is 7.89. The molecule has 8 N–H and O–H groups in total. The Kier molecular flexibility index (Phi) is 7.60. The van der Waals surface area contributed by atoms with Crippen molar-refractivity contribution in [2.45, 2.75) is 29.3 Å². The molecule has 4 atom stereocenters. The lowest BCUT2D eigenvalue weighted by atomic mass is 10.0. The summed E-state index contributed by atoms with van der Waals surface area (Å²) in [7, 11) is -4.15. The van der Waals surface area contributed by atoms with Gasteiger partial charge >= 0.3 is 6.03 Å². The summed E-state index contributed by atoms with van der Waals surface area (Å²) in [5.41, 5.74) is 0.430. The molecule has 1 aromatic carbocycles. The Balaban J connectivity index is 2.02. The van der Waals surface area contributed by atoms with Crippen molar-refractivity contribution in [1.29, 1.82) is 0 Å². The molecule has 4 unspecified atom stereocenters. The van der Waals surface area contributed by atoms with Gasteiger partial charge in [0.25, 0.3) is 15.9 Å². The monoisotopic (exact) mass is 444 g/mol. The summed E-state index contributed by atoms with van der Waals surface area (Å²) < 4.78 is 24.4. The molecular weight excluding hydrogens is 424 g/mol. The van der Waals surface area contributed by atoms with Crippen molar-refractivity contribution < 1.29 is 43.5 Å². The number of sulfonamides is 1. The van der Waals surface area contributed by atoms with E-state index >= 15 is 0 Å². The summed E-state index contributed by atoms with van der Waals surface area (Å²) in [4.78, 5) is 24.1. The summed E-state index contributed by atoms with van der Waals surface area (Å²) in [5, 5.41) is 54.3. The average Bonchev–Trinajstić information content (AvgIpc) is 3.02. The zero-order valence-electron chi connectivity index (χ0n) is 15.2. The van der Waals surface area contributed by atoms with E-state index in [4.69, 9.17) is 5.11 Å². The maximum atomic E-state index is 12.2. The SMILES string of the molecule is O=C1NC(=O)/C(=C/c2ccc(S(=O)(=O)NN=CC(O)C(O)C(O)C(O)CO)cc2)N1. The number of benzene rings is 1. The quantitative estimate of drug-likeness (QED) is 0.0821. The van der Waals surface area contributed by atoms with Crippen LogP contribution >= 0.6 is 0 Å². The second-order valence-corrected chi connectivity index (χ2v) is 7.79. The molecule has 30 heavy (non-hydrogen) atoms. The van der Waals surface area contributed by atoms with E-state index < -0.39 is 53.0 Å². The molecule has 1 saturated heterocycles. The second-order valence-electron chi connectivity index (χ2n) is 6.13. The predicted octanol–water partition coefficient (Wildman–Crippen LogP) is -3.43. The van der Waals surface area contributed by atoms with Crippen LogP contribution in [0.15, 0.2) is 40.0 Å². The number of aliphatic hydroxyl groups excluding tert-OH is 5. The molecule has 0 spiro atoms. The van der Waals surface area contributed by atoms with Crippen LogP contribution in [0.2, 0.25) is 0 Å². The van der Waals surface area contributed by atoms with Crippen molar-refractivity contribution in [2.75, 3.05) is 6.61 Å². The molecule has 1 aliphatic rings. The van der Waals surface area contributed by atoms with Gasteiger partial charge in [-0.25, -0.2) is 9.63 Å². The second kappa shape index (κ2) is 9.75. The van der Waals surface area contributed by atoms with E-state index in [9.17, 15) is 38.4 Å². The van der Waals surface area contributed by atoms with Crippen LogP contribution in [0, 0.1) is 0 Å². The van der Waals surface area contributed by atoms with E-state index in [1.807, 2.05) is 5.32 Å². The lowest BCUT2D eigenvalue weighted by molar-refractivity contribution is -0.115. The van der Waals surface area contributed by atoms with Gasteiger partial charge in [0.15, 0.2) is 0 Å². The lowest BCUT2D eigenvalue weighted by Gasteiger charge is -2.23. The van der Waals surface area contributed by atoms with Crippen LogP contribution in [0.3, 0.4) is 0 Å². The zero-order valence-corrected chi connectivity index (χ0v) is 16.0. The van der Waals surface area contributed by atoms with Crippen molar-refractivity contribution in [2.24, 2.45) is 5.10 Å². The van der Waals surface area contributed by atoms with Gasteiger partial charge in [-0.05, 0) is 23.8 Å². The standard InChI is InChI=1S/C16H20N4O9S/c21-7-12(23)14(25)13(24)11(22)6-17-20-30(28,29)9-3-1-8(2-4-9)5-10-15(26)19-16(27)18-10/h1-6,11-14,20-25H,7H2,(H2,18,19,26,27)/b10-5-,17-6?. The summed E-state index contributed by atoms with van der Waals surface area (Å²) in [5.74, 6) is -0.620. The number of rotatable bonds is 9. The molecule has 1 aliphatic heterocycles. The number of hydrogen-bond donors (Lipinski definition) is 8. The third-order valence-corrected chi connectivity index (χ3v) is 5.14. The minimum absolute atomic E-state index is 0.000573. The van der Waals surface area contributed by atoms with E-state index in [2.05, 4.69) is 10.4 Å². The Morgan fingerprint density at radius 2 is 1.67 bits per heavy atom. The minimum atomic E-state index is -4.15. The maximum absolute atomic E-state index is 12.2. The molecule has 1 aromatic rings. The van der Waals surface area contributed by atoms with Gasteiger partial charge in [0.05, 0.1) is 17.7 Å². The summed E-state index contributed by atoms with van der Waals surface area (Å²) in [6.07, 6.45) is -5.44. The normalized spacial score (nSPS) is 20.0. The fourth-order valence-corrected chi connectivity index (χ4v) is 3.05. The van der Waals surface area contributed by atoms with Crippen molar-refractivity contribution in [3.8, 4) is 0 Å². The van der Waals surface area contributed by atoms with Gasteiger partial charge in [-0.15, -0.1) is 0 Å². The molecule has 0 bridgehead atoms. The van der Waals surface area contributed by atoms with Gasteiger partial charge in [-0.1, -0.05) is 12.1 Å². The van der Waals surface area contributed by atoms with Crippen LogP contribution in [0.4, 0.5) is 4.79 Å². The highest BCUT2D eigenvalue weighted by Crippen LogP contribution is 2.14. The Labute approximate surface area is 170 Å². The van der Waals surface area contributed by atoms with Crippen molar-refractivity contribution >= 4 is 34.3 Å². The first-order valence-electron chi connectivity index (χ1n) is 8.37. The zero-order chi connectivity index (χ0) is 22.5. The van der Waals surface area contributed by atoms with Gasteiger partial charge < -0.3 is 30.8 Å². The number of aliphatic hydroxyl groups is 5. The molecule has 13 nitrogen and oxygen atoms in total. The molecule has 0 saturated carbocycles. The largest absolute Gasteiger partial charge is 0.394 e. The first-order valence-corrected chi connectivity index (χ1v) is 9.85. The molecule has 0 radical (unpaired) electrons. The smallest absolute Gasteiger partial charge is 0.326 e. The highest BCUT2D eigenvalue weighted by atomic mass is 32.2. The molecule has 14 heteroatoms. The van der Waals surface area contributed by atoms with E-state index in [1.54, 1.807) is 4.83 Å². The molecule has 164 valence electrons. The van der Waals surface area contributed by atoms with E-state index in [0.29, 0.717) is 11.8 Å². The third kappa shape index (κ3) is 5.82. The fourth-order valence-electron chi connectivity index (χ4n) is 2.25. The van der Waals surface area contributed by atoms with Crippen LogP contribution in [0.1, 0.15) is 5.56 Å². The molecule has 2 rings (SSSR count). The van der Waals surface area contributed by atoms with E-state index in [1.165, 1.54) is 30.3 Å². The molecule has 1 heterocycles. The van der Waals surface area contributed by atoms with Crippen molar-refractivity contribution in [3.05, 3.63) is 35.5 Å². The Hall–Kier alpha value is -2.88. The predicted molar refractivity (Wildman–Crippen MR) is 101 cm³/mol. The van der Waals surface area contributed by atoms with Crippen LogP contribution in [0.5, 0.6) is 0 Å². The number of amides is 3. The number of urea groups is 1. The third-order valence-electron chi connectivity index (χ3n) is 3.90. The first kappa shape index (κ1) is 23.4. The van der Waals surface area contributed by atoms with Gasteiger partial charge in [0.1, 0.15) is 30.1 Å². The molecule has 0 aromatic heterocycles. The number of nitrogens with one attached hydrogen (secondary N) is 3. The number of nitrogens with zero attached hydrogens (tertiary/aromatic N) is 1. The summed E-state index contributed by atoms with van der Waals surface area (Å²) >= 11 is 0. The van der Waals surface area contributed by atoms with Crippen molar-refractivity contribution in [1.82, 2.24) is 15.5 Å². The number of imide groups is 1. The summed E-state index contributed by atoms with van der Waals surface area (Å²) in [6, 6.07) is 4.47. The topological polar surface area (TPSA) is 218 Å². The van der Waals surface area contributed by atoms with E-state index in [0.717, 1.165) is 0 Å². The number of hydrazone groups is 1. The van der Waals surface area contributed by atoms with Crippen LogP contribution in [-0.4, -0.2) is 83.1 Å². The van der Waals surface area contributed by atoms with Gasteiger partial charge in [0, 0.05) is 0 Å². The molecule has 1 fully saturated rings. The van der Waals surface area contributed by atoms with Crippen LogP contribution in [0.25, 0.3) is 6.08 Å². The average molecular weight is 444 g/mol. The van der Waals surface area contributed by atoms with E-state index in [-0.39, 0.29) is 10.6 Å².